The molecule has 0 unspecified atom stereocenters. The third-order valence-electron chi connectivity index (χ3n) is 2.95. The van der Waals surface area contributed by atoms with Crippen LogP contribution in [0, 0.1) is 5.82 Å². The fraction of sp³-hybridized carbons (Fsp3) is 0.385. The molecule has 1 aromatic carbocycles. The summed E-state index contributed by atoms with van der Waals surface area (Å²) in [6, 6.07) is 5.21. The molecule has 1 atom stereocenters. The molecule has 7 heteroatoms. The van der Waals surface area contributed by atoms with Crippen molar-refractivity contribution in [3.05, 3.63) is 30.1 Å². The van der Waals surface area contributed by atoms with E-state index >= 15 is 0 Å². The number of carbonyl (C=O) groups is 2. The van der Waals surface area contributed by atoms with Gasteiger partial charge in [0.05, 0.1) is 6.61 Å². The first-order chi connectivity index (χ1) is 9.48. The van der Waals surface area contributed by atoms with Crippen molar-refractivity contribution < 1.29 is 23.8 Å². The molecule has 0 bridgehead atoms. The summed E-state index contributed by atoms with van der Waals surface area (Å²) >= 11 is 0. The van der Waals surface area contributed by atoms with Crippen molar-refractivity contribution in [3.63, 3.8) is 0 Å². The molecule has 1 fully saturated rings. The number of aliphatic hydroxyl groups is 1. The SMILES string of the molecule is O=C(NC[C@@]1(O)CCOC1)C(=O)Nc1cccc(F)c1. The van der Waals surface area contributed by atoms with Gasteiger partial charge in [0.2, 0.25) is 0 Å². The topological polar surface area (TPSA) is 87.7 Å². The lowest BCUT2D eigenvalue weighted by molar-refractivity contribution is -0.136. The predicted octanol–water partition coefficient (Wildman–Crippen LogP) is 0.0318. The Hall–Kier alpha value is -1.99. The van der Waals surface area contributed by atoms with Gasteiger partial charge in [0.25, 0.3) is 0 Å². The van der Waals surface area contributed by atoms with Crippen LogP contribution in [0.3, 0.4) is 0 Å². The second-order valence-corrected chi connectivity index (χ2v) is 4.67. The number of benzene rings is 1. The van der Waals surface area contributed by atoms with Gasteiger partial charge in [-0.15, -0.1) is 0 Å². The zero-order valence-corrected chi connectivity index (χ0v) is 10.7. The molecule has 1 aliphatic rings. The van der Waals surface area contributed by atoms with Gasteiger partial charge in [0.15, 0.2) is 0 Å². The van der Waals surface area contributed by atoms with Crippen LogP contribution in [-0.4, -0.2) is 42.3 Å². The molecule has 1 heterocycles. The Labute approximate surface area is 114 Å². The molecule has 0 aromatic heterocycles. The number of carbonyl (C=O) groups excluding carboxylic acids is 2. The first kappa shape index (κ1) is 14.4. The average Bonchev–Trinajstić information content (AvgIpc) is 2.83. The first-order valence-electron chi connectivity index (χ1n) is 6.13. The van der Waals surface area contributed by atoms with Gasteiger partial charge in [-0.3, -0.25) is 9.59 Å². The lowest BCUT2D eigenvalue weighted by Gasteiger charge is -2.20. The van der Waals surface area contributed by atoms with Crippen LogP contribution in [0.4, 0.5) is 10.1 Å². The Bertz CT molecular complexity index is 515. The molecule has 1 aliphatic heterocycles. The van der Waals surface area contributed by atoms with Gasteiger partial charge in [0, 0.05) is 25.3 Å². The van der Waals surface area contributed by atoms with Crippen molar-refractivity contribution in [2.24, 2.45) is 0 Å². The Morgan fingerprint density at radius 2 is 2.20 bits per heavy atom. The average molecular weight is 282 g/mol. The number of hydrogen-bond acceptors (Lipinski definition) is 4. The molecule has 1 aromatic rings. The summed E-state index contributed by atoms with van der Waals surface area (Å²) in [5.41, 5.74) is -0.942. The zero-order chi connectivity index (χ0) is 14.6. The summed E-state index contributed by atoms with van der Waals surface area (Å²) in [5.74, 6) is -2.33. The summed E-state index contributed by atoms with van der Waals surface area (Å²) in [7, 11) is 0. The van der Waals surface area contributed by atoms with E-state index in [2.05, 4.69) is 10.6 Å². The molecule has 0 radical (unpaired) electrons. The standard InChI is InChI=1S/C13H15FN2O4/c14-9-2-1-3-10(6-9)16-12(18)11(17)15-7-13(19)4-5-20-8-13/h1-3,6,19H,4-5,7-8H2,(H,15,17)(H,16,18)/t13-/m0/s1. The van der Waals surface area contributed by atoms with E-state index < -0.39 is 23.2 Å². The predicted molar refractivity (Wildman–Crippen MR) is 68.4 cm³/mol. The van der Waals surface area contributed by atoms with Gasteiger partial charge >= 0.3 is 11.8 Å². The van der Waals surface area contributed by atoms with E-state index in [1.54, 1.807) is 0 Å². The van der Waals surface area contributed by atoms with Gasteiger partial charge in [0.1, 0.15) is 11.4 Å². The summed E-state index contributed by atoms with van der Waals surface area (Å²) in [5, 5.41) is 14.5. The third kappa shape index (κ3) is 3.75. The molecule has 0 spiro atoms. The Morgan fingerprint density at radius 1 is 1.40 bits per heavy atom. The molecule has 0 aliphatic carbocycles. The number of amides is 2. The number of halogens is 1. The van der Waals surface area contributed by atoms with E-state index in [0.717, 1.165) is 6.07 Å². The fourth-order valence-electron chi connectivity index (χ4n) is 1.82. The number of anilines is 1. The van der Waals surface area contributed by atoms with E-state index in [1.807, 2.05) is 0 Å². The molecular weight excluding hydrogens is 267 g/mol. The minimum absolute atomic E-state index is 0.0671. The quantitative estimate of drug-likeness (QED) is 0.683. The molecule has 1 saturated heterocycles. The normalized spacial score (nSPS) is 21.5. The maximum absolute atomic E-state index is 12.9. The van der Waals surface area contributed by atoms with E-state index in [4.69, 9.17) is 4.74 Å². The van der Waals surface area contributed by atoms with Gasteiger partial charge in [-0.05, 0) is 18.2 Å². The van der Waals surface area contributed by atoms with E-state index in [-0.39, 0.29) is 18.8 Å². The first-order valence-corrected chi connectivity index (χ1v) is 6.13. The van der Waals surface area contributed by atoms with Crippen LogP contribution in [0.15, 0.2) is 24.3 Å². The van der Waals surface area contributed by atoms with Crippen LogP contribution < -0.4 is 10.6 Å². The molecule has 20 heavy (non-hydrogen) atoms. The lowest BCUT2D eigenvalue weighted by atomic mass is 10.0. The highest BCUT2D eigenvalue weighted by molar-refractivity contribution is 6.39. The van der Waals surface area contributed by atoms with Crippen molar-refractivity contribution in [2.75, 3.05) is 25.1 Å². The van der Waals surface area contributed by atoms with Crippen LogP contribution in [0.25, 0.3) is 0 Å². The highest BCUT2D eigenvalue weighted by Crippen LogP contribution is 2.16. The van der Waals surface area contributed by atoms with Crippen LogP contribution >= 0.6 is 0 Å². The van der Waals surface area contributed by atoms with Gasteiger partial charge in [-0.25, -0.2) is 4.39 Å². The molecule has 2 amide bonds. The van der Waals surface area contributed by atoms with Gasteiger partial charge < -0.3 is 20.5 Å². The lowest BCUT2D eigenvalue weighted by Crippen LogP contribution is -2.46. The molecule has 2 rings (SSSR count). The molecule has 6 nitrogen and oxygen atoms in total. The Balaban J connectivity index is 1.84. The summed E-state index contributed by atoms with van der Waals surface area (Å²) in [6.07, 6.45) is 0.402. The molecule has 3 N–H and O–H groups in total. The maximum atomic E-state index is 12.9. The van der Waals surface area contributed by atoms with Crippen molar-refractivity contribution in [3.8, 4) is 0 Å². The molecule has 0 saturated carbocycles. The number of nitrogens with one attached hydrogen (secondary N) is 2. The minimum Gasteiger partial charge on any atom is -0.386 e. The van der Waals surface area contributed by atoms with Crippen LogP contribution in [-0.2, 0) is 14.3 Å². The zero-order valence-electron chi connectivity index (χ0n) is 10.7. The van der Waals surface area contributed by atoms with Gasteiger partial charge in [-0.2, -0.15) is 0 Å². The highest BCUT2D eigenvalue weighted by Gasteiger charge is 2.33. The number of rotatable bonds is 3. The monoisotopic (exact) mass is 282 g/mol. The number of hydrogen-bond donors (Lipinski definition) is 3. The van der Waals surface area contributed by atoms with Crippen LogP contribution in [0.1, 0.15) is 6.42 Å². The summed E-state index contributed by atoms with van der Waals surface area (Å²) in [4.78, 5) is 23.1. The fourth-order valence-corrected chi connectivity index (χ4v) is 1.82. The van der Waals surface area contributed by atoms with Crippen molar-refractivity contribution >= 4 is 17.5 Å². The van der Waals surface area contributed by atoms with Crippen molar-refractivity contribution in [1.82, 2.24) is 5.32 Å². The minimum atomic E-state index is -1.13. The second-order valence-electron chi connectivity index (χ2n) is 4.67. The Morgan fingerprint density at radius 3 is 2.85 bits per heavy atom. The van der Waals surface area contributed by atoms with E-state index in [1.165, 1.54) is 18.2 Å². The smallest absolute Gasteiger partial charge is 0.313 e. The van der Waals surface area contributed by atoms with Gasteiger partial charge in [-0.1, -0.05) is 6.07 Å². The number of ether oxygens (including phenoxy) is 1. The highest BCUT2D eigenvalue weighted by atomic mass is 19.1. The summed E-state index contributed by atoms with van der Waals surface area (Å²) < 4.78 is 17.9. The Kier molecular flexibility index (Phi) is 4.31. The van der Waals surface area contributed by atoms with E-state index in [9.17, 15) is 19.1 Å². The second kappa shape index (κ2) is 5.98. The largest absolute Gasteiger partial charge is 0.386 e. The van der Waals surface area contributed by atoms with Crippen molar-refractivity contribution in [2.45, 2.75) is 12.0 Å². The maximum Gasteiger partial charge on any atom is 0.313 e. The molecule has 108 valence electrons. The third-order valence-corrected chi connectivity index (χ3v) is 2.95. The van der Waals surface area contributed by atoms with E-state index in [0.29, 0.717) is 13.0 Å². The van der Waals surface area contributed by atoms with Crippen molar-refractivity contribution in [1.29, 1.82) is 0 Å². The molecular formula is C13H15FN2O4. The summed E-state index contributed by atoms with van der Waals surface area (Å²) in [6.45, 7) is 0.475. The van der Waals surface area contributed by atoms with Crippen LogP contribution in [0.2, 0.25) is 0 Å². The van der Waals surface area contributed by atoms with Crippen LogP contribution in [0.5, 0.6) is 0 Å².